The average Bonchev–Trinajstić information content (AvgIpc) is 3.11. The predicted octanol–water partition coefficient (Wildman–Crippen LogP) is 3.25. The van der Waals surface area contributed by atoms with E-state index in [0.29, 0.717) is 17.5 Å². The quantitative estimate of drug-likeness (QED) is 0.826. The Kier molecular flexibility index (Phi) is 4.94. The third kappa shape index (κ3) is 3.20. The standard InChI is InChI=1S/C19H19FN4.ClH/c1-23-10-14-11-24(18-7-3-6-16(9-21)22-18)12-17(14)19(23)13-4-2-5-15(20)8-13;/h2-8,14,17,19H,10-12H2,1H3;1H/t14-,17+,19-;/m0./s1. The van der Waals surface area contributed by atoms with Gasteiger partial charge in [0.25, 0.3) is 0 Å². The Balaban J connectivity index is 0.00000182. The lowest BCUT2D eigenvalue weighted by Crippen LogP contribution is -2.29. The number of benzene rings is 1. The Morgan fingerprint density at radius 2 is 1.96 bits per heavy atom. The van der Waals surface area contributed by atoms with Crippen LogP contribution >= 0.6 is 12.4 Å². The molecule has 0 amide bonds. The molecule has 0 aliphatic carbocycles. The second kappa shape index (κ2) is 6.99. The lowest BCUT2D eigenvalue weighted by molar-refractivity contribution is 0.279. The summed E-state index contributed by atoms with van der Waals surface area (Å²) in [5.41, 5.74) is 1.49. The van der Waals surface area contributed by atoms with Crippen molar-refractivity contribution in [2.45, 2.75) is 6.04 Å². The first kappa shape index (κ1) is 17.7. The molecule has 3 heterocycles. The number of nitrogens with zero attached hydrogens (tertiary/aromatic N) is 4. The van der Waals surface area contributed by atoms with Gasteiger partial charge < -0.3 is 4.90 Å². The van der Waals surface area contributed by atoms with Crippen molar-refractivity contribution in [2.24, 2.45) is 11.8 Å². The van der Waals surface area contributed by atoms with Gasteiger partial charge in [-0.15, -0.1) is 12.4 Å². The van der Waals surface area contributed by atoms with E-state index in [4.69, 9.17) is 5.26 Å². The third-order valence-corrected chi connectivity index (χ3v) is 5.26. The first-order chi connectivity index (χ1) is 11.7. The van der Waals surface area contributed by atoms with Crippen LogP contribution in [0.15, 0.2) is 42.5 Å². The van der Waals surface area contributed by atoms with Gasteiger partial charge in [-0.1, -0.05) is 18.2 Å². The van der Waals surface area contributed by atoms with Crippen LogP contribution in [-0.4, -0.2) is 36.6 Å². The van der Waals surface area contributed by atoms with Crippen LogP contribution in [0.25, 0.3) is 0 Å². The first-order valence-corrected chi connectivity index (χ1v) is 8.23. The second-order valence-electron chi connectivity index (χ2n) is 6.76. The van der Waals surface area contributed by atoms with E-state index in [-0.39, 0.29) is 24.3 Å². The molecular weight excluding hydrogens is 339 g/mol. The van der Waals surface area contributed by atoms with Gasteiger partial charge in [-0.25, -0.2) is 9.37 Å². The molecule has 0 spiro atoms. The van der Waals surface area contributed by atoms with Crippen LogP contribution in [-0.2, 0) is 0 Å². The summed E-state index contributed by atoms with van der Waals surface area (Å²) < 4.78 is 13.6. The number of hydrogen-bond acceptors (Lipinski definition) is 4. The number of anilines is 1. The molecule has 25 heavy (non-hydrogen) atoms. The van der Waals surface area contributed by atoms with Crippen molar-refractivity contribution >= 4 is 18.2 Å². The fraction of sp³-hybridized carbons (Fsp3) is 0.368. The molecule has 3 atom stereocenters. The Hall–Kier alpha value is -2.16. The molecule has 0 radical (unpaired) electrons. The minimum atomic E-state index is -0.178. The van der Waals surface area contributed by atoms with Crippen molar-refractivity contribution in [3.05, 3.63) is 59.5 Å². The van der Waals surface area contributed by atoms with Crippen molar-refractivity contribution in [1.82, 2.24) is 9.88 Å². The largest absolute Gasteiger partial charge is 0.356 e. The number of hydrogen-bond donors (Lipinski definition) is 0. The predicted molar refractivity (Wildman–Crippen MR) is 97.2 cm³/mol. The molecule has 2 aliphatic rings. The van der Waals surface area contributed by atoms with Gasteiger partial charge in [0.1, 0.15) is 23.4 Å². The van der Waals surface area contributed by atoms with Crippen LogP contribution in [0.4, 0.5) is 10.2 Å². The number of pyridine rings is 1. The van der Waals surface area contributed by atoms with E-state index in [1.54, 1.807) is 18.2 Å². The van der Waals surface area contributed by atoms with E-state index in [9.17, 15) is 4.39 Å². The molecule has 0 bridgehead atoms. The summed E-state index contributed by atoms with van der Waals surface area (Å²) >= 11 is 0. The monoisotopic (exact) mass is 358 g/mol. The fourth-order valence-electron chi connectivity index (χ4n) is 4.30. The van der Waals surface area contributed by atoms with Gasteiger partial charge in [-0.05, 0) is 42.8 Å². The SMILES string of the molecule is CN1C[C@H]2CN(c3cccc(C#N)n3)C[C@H]2[C@@H]1c1cccc(F)c1.Cl. The van der Waals surface area contributed by atoms with Crippen LogP contribution in [0.5, 0.6) is 0 Å². The maximum Gasteiger partial charge on any atom is 0.142 e. The number of fused-ring (bicyclic) bond motifs is 1. The van der Waals surface area contributed by atoms with Gasteiger partial charge in [-0.2, -0.15) is 5.26 Å². The number of nitriles is 1. The van der Waals surface area contributed by atoms with Crippen molar-refractivity contribution in [2.75, 3.05) is 31.6 Å². The zero-order valence-corrected chi connectivity index (χ0v) is 14.8. The molecule has 0 saturated carbocycles. The topological polar surface area (TPSA) is 43.2 Å². The van der Waals surface area contributed by atoms with E-state index in [1.165, 1.54) is 6.07 Å². The third-order valence-electron chi connectivity index (χ3n) is 5.26. The highest BCUT2D eigenvalue weighted by Crippen LogP contribution is 2.44. The number of rotatable bonds is 2. The molecule has 2 aliphatic heterocycles. The maximum atomic E-state index is 13.6. The average molecular weight is 359 g/mol. The van der Waals surface area contributed by atoms with E-state index < -0.39 is 0 Å². The Morgan fingerprint density at radius 3 is 2.72 bits per heavy atom. The molecule has 2 fully saturated rings. The molecule has 1 aromatic carbocycles. The molecule has 4 nitrogen and oxygen atoms in total. The molecule has 2 saturated heterocycles. The molecule has 0 N–H and O–H groups in total. The highest BCUT2D eigenvalue weighted by atomic mass is 35.5. The fourth-order valence-corrected chi connectivity index (χ4v) is 4.30. The smallest absolute Gasteiger partial charge is 0.142 e. The zero-order valence-electron chi connectivity index (χ0n) is 14.0. The van der Waals surface area contributed by atoms with Crippen molar-refractivity contribution in [3.8, 4) is 6.07 Å². The number of likely N-dealkylation sites (tertiary alicyclic amines) is 1. The molecule has 4 rings (SSSR count). The summed E-state index contributed by atoms with van der Waals surface area (Å²) in [6, 6.07) is 14.9. The van der Waals surface area contributed by atoms with Gasteiger partial charge >= 0.3 is 0 Å². The second-order valence-corrected chi connectivity index (χ2v) is 6.76. The van der Waals surface area contributed by atoms with E-state index in [2.05, 4.69) is 27.9 Å². The van der Waals surface area contributed by atoms with Crippen molar-refractivity contribution < 1.29 is 4.39 Å². The highest BCUT2D eigenvalue weighted by molar-refractivity contribution is 5.85. The van der Waals surface area contributed by atoms with E-state index >= 15 is 0 Å². The van der Waals surface area contributed by atoms with Gasteiger partial charge in [0.05, 0.1) is 0 Å². The Bertz CT molecular complexity index is 806. The summed E-state index contributed by atoms with van der Waals surface area (Å²) in [6.07, 6.45) is 0. The summed E-state index contributed by atoms with van der Waals surface area (Å²) in [7, 11) is 2.12. The van der Waals surface area contributed by atoms with Crippen LogP contribution in [0.1, 0.15) is 17.3 Å². The van der Waals surface area contributed by atoms with Gasteiger partial charge in [0.15, 0.2) is 0 Å². The lowest BCUT2D eigenvalue weighted by atomic mass is 9.89. The highest BCUT2D eigenvalue weighted by Gasteiger charge is 2.46. The van der Waals surface area contributed by atoms with Crippen LogP contribution < -0.4 is 4.90 Å². The van der Waals surface area contributed by atoms with Gasteiger partial charge in [-0.3, -0.25) is 4.90 Å². The summed E-state index contributed by atoms with van der Waals surface area (Å²) in [4.78, 5) is 9.02. The Morgan fingerprint density at radius 1 is 1.16 bits per heavy atom. The van der Waals surface area contributed by atoms with Crippen molar-refractivity contribution in [3.63, 3.8) is 0 Å². The lowest BCUT2D eigenvalue weighted by Gasteiger charge is -2.27. The van der Waals surface area contributed by atoms with Gasteiger partial charge in [0.2, 0.25) is 0 Å². The summed E-state index contributed by atoms with van der Waals surface area (Å²) in [5.74, 6) is 1.67. The molecule has 2 aromatic rings. The Labute approximate surface area is 153 Å². The van der Waals surface area contributed by atoms with E-state index in [0.717, 1.165) is 31.0 Å². The molecule has 6 heteroatoms. The number of halogens is 2. The number of aromatic nitrogens is 1. The minimum absolute atomic E-state index is 0. The van der Waals surface area contributed by atoms with Crippen LogP contribution in [0.2, 0.25) is 0 Å². The van der Waals surface area contributed by atoms with E-state index in [1.807, 2.05) is 18.2 Å². The summed E-state index contributed by atoms with van der Waals surface area (Å²) in [6.45, 7) is 2.82. The molecule has 1 aromatic heterocycles. The zero-order chi connectivity index (χ0) is 16.7. The van der Waals surface area contributed by atoms with Crippen LogP contribution in [0, 0.1) is 29.0 Å². The van der Waals surface area contributed by atoms with Gasteiger partial charge in [0, 0.05) is 31.6 Å². The van der Waals surface area contributed by atoms with Crippen molar-refractivity contribution in [1.29, 1.82) is 5.26 Å². The molecule has 0 unspecified atom stereocenters. The molecule has 130 valence electrons. The maximum absolute atomic E-state index is 13.6. The van der Waals surface area contributed by atoms with Crippen LogP contribution in [0.3, 0.4) is 0 Å². The first-order valence-electron chi connectivity index (χ1n) is 8.23. The summed E-state index contributed by atoms with van der Waals surface area (Å²) in [5, 5.41) is 9.04. The normalized spacial score (nSPS) is 25.3. The minimum Gasteiger partial charge on any atom is -0.356 e. The molecular formula is C19H20ClFN4.